The molecule has 0 aliphatic heterocycles. The van der Waals surface area contributed by atoms with E-state index in [9.17, 15) is 13.2 Å². The van der Waals surface area contributed by atoms with Crippen LogP contribution < -0.4 is 0 Å². The van der Waals surface area contributed by atoms with Gasteiger partial charge in [-0.2, -0.15) is 13.2 Å². The van der Waals surface area contributed by atoms with Gasteiger partial charge in [0.2, 0.25) is 0 Å². The first-order chi connectivity index (χ1) is 3.95. The molecule has 0 amide bonds. The van der Waals surface area contributed by atoms with Crippen LogP contribution in [0, 0.1) is 0 Å². The smallest absolute Gasteiger partial charge is 0.171 e. The van der Waals surface area contributed by atoms with E-state index in [2.05, 4.69) is 6.58 Å². The Balaban J connectivity index is 3.60. The third-order valence-electron chi connectivity index (χ3n) is 0.950. The fraction of sp³-hybridized carbons (Fsp3) is 0.667. The molecule has 9 heavy (non-hydrogen) atoms. The molecule has 0 radical (unpaired) electrons. The molecule has 54 valence electrons. The van der Waals surface area contributed by atoms with Crippen molar-refractivity contribution in [1.29, 1.82) is 0 Å². The summed E-state index contributed by atoms with van der Waals surface area (Å²) in [6, 6.07) is 0. The van der Waals surface area contributed by atoms with Crippen molar-refractivity contribution in [3.8, 4) is 0 Å². The van der Waals surface area contributed by atoms with Gasteiger partial charge in [0.05, 0.1) is 6.42 Å². The van der Waals surface area contributed by atoms with Gasteiger partial charge in [-0.25, -0.2) is 0 Å². The number of hydrogen-bond donors (Lipinski definition) is 0. The van der Waals surface area contributed by atoms with Crippen LogP contribution in [-0.4, -0.2) is 6.18 Å². The zero-order valence-electron chi connectivity index (χ0n) is 5.26. The summed E-state index contributed by atoms with van der Waals surface area (Å²) in [6.45, 7) is 4.90. The molecule has 0 N–H and O–H groups in total. The van der Waals surface area contributed by atoms with Crippen LogP contribution in [-0.2, 0) is 0 Å². The van der Waals surface area contributed by atoms with Gasteiger partial charge in [-0.3, -0.25) is 0 Å². The minimum absolute atomic E-state index is 0.238. The molecule has 0 aromatic rings. The molecule has 0 heterocycles. The van der Waals surface area contributed by atoms with E-state index < -0.39 is 12.6 Å². The lowest BCUT2D eigenvalue weighted by molar-refractivity contribution is -0.127. The van der Waals surface area contributed by atoms with Crippen LogP contribution in [0.2, 0.25) is 0 Å². The minimum atomic E-state index is -4.08. The van der Waals surface area contributed by atoms with Gasteiger partial charge in [-0.1, -0.05) is 19.1 Å². The van der Waals surface area contributed by atoms with Crippen molar-refractivity contribution in [3.05, 3.63) is 12.2 Å². The molecule has 0 aliphatic carbocycles. The molecule has 0 rings (SSSR count). The number of allylic oxidation sites excluding steroid dienone is 1. The second-order valence-electron chi connectivity index (χ2n) is 1.90. The van der Waals surface area contributed by atoms with Crippen LogP contribution in [0.15, 0.2) is 12.2 Å². The number of halogens is 3. The number of alkyl halides is 3. The summed E-state index contributed by atoms with van der Waals surface area (Å²) in [5.74, 6) is 0. The average Bonchev–Trinajstić information content (AvgIpc) is 1.62. The molecule has 0 aliphatic rings. The highest BCUT2D eigenvalue weighted by Gasteiger charge is 2.27. The molecular formula is C6H9F3. The Labute approximate surface area is 52.4 Å². The molecule has 0 bridgehead atoms. The van der Waals surface area contributed by atoms with Gasteiger partial charge in [0.1, 0.15) is 0 Å². The van der Waals surface area contributed by atoms with Gasteiger partial charge in [0, 0.05) is 0 Å². The zero-order chi connectivity index (χ0) is 7.49. The van der Waals surface area contributed by atoms with E-state index in [1.807, 2.05) is 0 Å². The molecule has 0 saturated carbocycles. The van der Waals surface area contributed by atoms with Crippen molar-refractivity contribution in [3.63, 3.8) is 0 Å². The molecule has 0 fully saturated rings. The van der Waals surface area contributed by atoms with Crippen molar-refractivity contribution in [2.45, 2.75) is 25.9 Å². The highest BCUT2D eigenvalue weighted by molar-refractivity contribution is 4.94. The van der Waals surface area contributed by atoms with Gasteiger partial charge in [0.15, 0.2) is 0 Å². The molecule has 0 aromatic carbocycles. The Bertz CT molecular complexity index is 101. The Kier molecular flexibility index (Phi) is 2.74. The van der Waals surface area contributed by atoms with Gasteiger partial charge in [-0.05, 0) is 6.42 Å². The molecule has 0 saturated heterocycles. The van der Waals surface area contributed by atoms with E-state index in [0.29, 0.717) is 6.42 Å². The van der Waals surface area contributed by atoms with Gasteiger partial charge in [0.25, 0.3) is 0 Å². The first kappa shape index (κ1) is 8.53. The van der Waals surface area contributed by atoms with Crippen molar-refractivity contribution in [1.82, 2.24) is 0 Å². The molecule has 0 unspecified atom stereocenters. The first-order valence-electron chi connectivity index (χ1n) is 2.69. The van der Waals surface area contributed by atoms with E-state index in [1.54, 1.807) is 6.92 Å². The normalized spacial score (nSPS) is 11.6. The zero-order valence-corrected chi connectivity index (χ0v) is 5.26. The largest absolute Gasteiger partial charge is 0.392 e. The fourth-order valence-corrected chi connectivity index (χ4v) is 0.408. The lowest BCUT2D eigenvalue weighted by Crippen LogP contribution is -2.07. The van der Waals surface area contributed by atoms with Gasteiger partial charge < -0.3 is 0 Å². The summed E-state index contributed by atoms with van der Waals surface area (Å²) < 4.78 is 34.3. The summed E-state index contributed by atoms with van der Waals surface area (Å²) in [7, 11) is 0. The van der Waals surface area contributed by atoms with E-state index in [1.165, 1.54) is 0 Å². The summed E-state index contributed by atoms with van der Waals surface area (Å²) in [4.78, 5) is 0. The monoisotopic (exact) mass is 138 g/mol. The summed E-state index contributed by atoms with van der Waals surface area (Å²) in [5, 5.41) is 0. The first-order valence-corrected chi connectivity index (χ1v) is 2.69. The maximum atomic E-state index is 11.4. The Hall–Kier alpha value is -0.470. The highest BCUT2D eigenvalue weighted by atomic mass is 19.4. The average molecular weight is 138 g/mol. The van der Waals surface area contributed by atoms with E-state index >= 15 is 0 Å². The van der Waals surface area contributed by atoms with Gasteiger partial charge in [-0.15, -0.1) is 0 Å². The van der Waals surface area contributed by atoms with E-state index in [-0.39, 0.29) is 5.57 Å². The summed E-state index contributed by atoms with van der Waals surface area (Å²) >= 11 is 0. The molecular weight excluding hydrogens is 129 g/mol. The number of rotatable bonds is 2. The van der Waals surface area contributed by atoms with Crippen molar-refractivity contribution >= 4 is 0 Å². The molecule has 0 spiro atoms. The number of hydrogen-bond acceptors (Lipinski definition) is 0. The van der Waals surface area contributed by atoms with Crippen LogP contribution in [0.3, 0.4) is 0 Å². The van der Waals surface area contributed by atoms with Crippen molar-refractivity contribution < 1.29 is 13.2 Å². The molecule has 0 aromatic heterocycles. The molecule has 3 heteroatoms. The third kappa shape index (κ3) is 5.40. The van der Waals surface area contributed by atoms with Crippen LogP contribution in [0.1, 0.15) is 19.8 Å². The predicted molar refractivity (Wildman–Crippen MR) is 30.1 cm³/mol. The van der Waals surface area contributed by atoms with Crippen LogP contribution >= 0.6 is 0 Å². The third-order valence-corrected chi connectivity index (χ3v) is 0.950. The van der Waals surface area contributed by atoms with Crippen LogP contribution in [0.5, 0.6) is 0 Å². The van der Waals surface area contributed by atoms with Crippen molar-refractivity contribution in [2.75, 3.05) is 0 Å². The summed E-state index contributed by atoms with van der Waals surface area (Å²) in [6.07, 6.45) is -4.52. The maximum Gasteiger partial charge on any atom is 0.392 e. The van der Waals surface area contributed by atoms with Crippen LogP contribution in [0.4, 0.5) is 13.2 Å². The van der Waals surface area contributed by atoms with Gasteiger partial charge >= 0.3 is 6.18 Å². The second kappa shape index (κ2) is 2.90. The molecule has 0 nitrogen and oxygen atoms in total. The predicted octanol–water partition coefficient (Wildman–Crippen LogP) is 2.91. The quantitative estimate of drug-likeness (QED) is 0.514. The summed E-state index contributed by atoms with van der Waals surface area (Å²) in [5.41, 5.74) is 0.238. The topological polar surface area (TPSA) is 0 Å². The lowest BCUT2D eigenvalue weighted by Gasteiger charge is -2.05. The van der Waals surface area contributed by atoms with Crippen LogP contribution in [0.25, 0.3) is 0 Å². The Morgan fingerprint density at radius 1 is 1.44 bits per heavy atom. The maximum absolute atomic E-state index is 11.4. The lowest BCUT2D eigenvalue weighted by atomic mass is 10.2. The Morgan fingerprint density at radius 3 is 2.00 bits per heavy atom. The molecule has 0 atom stereocenters. The fourth-order valence-electron chi connectivity index (χ4n) is 0.408. The van der Waals surface area contributed by atoms with Crippen molar-refractivity contribution in [2.24, 2.45) is 0 Å². The highest BCUT2D eigenvalue weighted by Crippen LogP contribution is 2.24. The minimum Gasteiger partial charge on any atom is -0.171 e. The van der Waals surface area contributed by atoms with E-state index in [0.717, 1.165) is 0 Å². The Morgan fingerprint density at radius 2 is 1.89 bits per heavy atom. The second-order valence-corrected chi connectivity index (χ2v) is 1.90. The standard InChI is InChI=1S/C6H9F3/c1-3-5(2)4-6(7,8)9/h2-4H2,1H3. The van der Waals surface area contributed by atoms with E-state index in [4.69, 9.17) is 0 Å². The SMILES string of the molecule is C=C(CC)CC(F)(F)F.